The summed E-state index contributed by atoms with van der Waals surface area (Å²) in [6.07, 6.45) is 5.10. The first-order valence-electron chi connectivity index (χ1n) is 8.90. The zero-order chi connectivity index (χ0) is 19.2. The summed E-state index contributed by atoms with van der Waals surface area (Å²) in [5, 5.41) is 2.75. The zero-order valence-electron chi connectivity index (χ0n) is 15.7. The number of amides is 2. The van der Waals surface area contributed by atoms with Gasteiger partial charge in [-0.25, -0.2) is 0 Å². The maximum atomic E-state index is 12.5. The number of carbonyl (C=O) groups is 3. The fourth-order valence-electron chi connectivity index (χ4n) is 3.27. The fraction of sp³-hybridized carbons (Fsp3) is 0.579. The predicted molar refractivity (Wildman–Crippen MR) is 96.3 cm³/mol. The molecule has 142 valence electrons. The number of aromatic nitrogens is 1. The summed E-state index contributed by atoms with van der Waals surface area (Å²) < 4.78 is 4.90. The number of likely N-dealkylation sites (tertiary alicyclic amines) is 1. The second-order valence-electron chi connectivity index (χ2n) is 7.13. The standard InChI is InChI=1S/C19H27N3O4/c1-19(2,18(25)26-3)15-5-4-12-22(13-15)16(23)8-11-21-17(24)14-6-9-20-10-7-14/h6-7,9-10,15H,4-5,8,11-13H2,1-3H3,(H,21,24)/t15-/m0/s1. The lowest BCUT2D eigenvalue weighted by Gasteiger charge is -2.39. The predicted octanol–water partition coefficient (Wildman–Crippen LogP) is 1.64. The summed E-state index contributed by atoms with van der Waals surface area (Å²) in [5.41, 5.74) is -0.103. The molecule has 1 aliphatic heterocycles. The number of pyridine rings is 1. The van der Waals surface area contributed by atoms with Crippen LogP contribution in [0.25, 0.3) is 0 Å². The van der Waals surface area contributed by atoms with Gasteiger partial charge in [-0.3, -0.25) is 19.4 Å². The van der Waals surface area contributed by atoms with Gasteiger partial charge >= 0.3 is 5.97 Å². The molecular weight excluding hydrogens is 334 g/mol. The molecule has 2 rings (SSSR count). The lowest BCUT2D eigenvalue weighted by molar-refractivity contribution is -0.156. The Hall–Kier alpha value is -2.44. The highest BCUT2D eigenvalue weighted by atomic mass is 16.5. The van der Waals surface area contributed by atoms with Gasteiger partial charge in [0.05, 0.1) is 12.5 Å². The molecule has 0 spiro atoms. The van der Waals surface area contributed by atoms with Crippen molar-refractivity contribution < 1.29 is 19.1 Å². The van der Waals surface area contributed by atoms with E-state index in [4.69, 9.17) is 4.74 Å². The Bertz CT molecular complexity index is 645. The largest absolute Gasteiger partial charge is 0.469 e. The molecule has 7 heteroatoms. The van der Waals surface area contributed by atoms with Crippen LogP contribution in [-0.4, -0.2) is 54.4 Å². The zero-order valence-corrected chi connectivity index (χ0v) is 15.7. The third-order valence-corrected chi connectivity index (χ3v) is 5.07. The van der Waals surface area contributed by atoms with Crippen molar-refractivity contribution in [1.29, 1.82) is 0 Å². The van der Waals surface area contributed by atoms with Crippen LogP contribution in [0, 0.1) is 11.3 Å². The first-order valence-corrected chi connectivity index (χ1v) is 8.90. The highest BCUT2D eigenvalue weighted by Crippen LogP contribution is 2.35. The van der Waals surface area contributed by atoms with Crippen LogP contribution in [-0.2, 0) is 14.3 Å². The quantitative estimate of drug-likeness (QED) is 0.778. The van der Waals surface area contributed by atoms with E-state index in [0.717, 1.165) is 12.8 Å². The van der Waals surface area contributed by atoms with Crippen molar-refractivity contribution in [3.05, 3.63) is 30.1 Å². The minimum absolute atomic E-state index is 0.00889. The van der Waals surface area contributed by atoms with Gasteiger partial charge in [0.2, 0.25) is 5.91 Å². The van der Waals surface area contributed by atoms with Crippen molar-refractivity contribution in [1.82, 2.24) is 15.2 Å². The van der Waals surface area contributed by atoms with E-state index >= 15 is 0 Å². The molecule has 0 aromatic carbocycles. The first-order chi connectivity index (χ1) is 12.4. The molecule has 2 amide bonds. The molecule has 0 saturated carbocycles. The number of carbonyl (C=O) groups excluding carboxylic acids is 3. The summed E-state index contributed by atoms with van der Waals surface area (Å²) >= 11 is 0. The minimum atomic E-state index is -0.622. The van der Waals surface area contributed by atoms with Crippen molar-refractivity contribution in [2.45, 2.75) is 33.1 Å². The molecule has 1 saturated heterocycles. The van der Waals surface area contributed by atoms with Gasteiger partial charge < -0.3 is 15.0 Å². The van der Waals surface area contributed by atoms with E-state index in [1.165, 1.54) is 7.11 Å². The molecule has 0 radical (unpaired) electrons. The number of ether oxygens (including phenoxy) is 1. The van der Waals surface area contributed by atoms with Crippen LogP contribution in [0.5, 0.6) is 0 Å². The Morgan fingerprint density at radius 1 is 1.31 bits per heavy atom. The minimum Gasteiger partial charge on any atom is -0.469 e. The van der Waals surface area contributed by atoms with E-state index in [1.807, 2.05) is 13.8 Å². The Labute approximate surface area is 154 Å². The highest BCUT2D eigenvalue weighted by molar-refractivity contribution is 5.94. The van der Waals surface area contributed by atoms with E-state index in [1.54, 1.807) is 29.4 Å². The lowest BCUT2D eigenvalue weighted by Crippen LogP contribution is -2.47. The Kier molecular flexibility index (Phi) is 6.71. The summed E-state index contributed by atoms with van der Waals surface area (Å²) in [6, 6.07) is 3.25. The molecule has 7 nitrogen and oxygen atoms in total. The summed E-state index contributed by atoms with van der Waals surface area (Å²) in [7, 11) is 1.39. The van der Waals surface area contributed by atoms with Gasteiger partial charge in [0.25, 0.3) is 5.91 Å². The molecule has 0 aliphatic carbocycles. The number of nitrogens with one attached hydrogen (secondary N) is 1. The topological polar surface area (TPSA) is 88.6 Å². The van der Waals surface area contributed by atoms with E-state index in [2.05, 4.69) is 10.3 Å². The van der Waals surface area contributed by atoms with E-state index in [9.17, 15) is 14.4 Å². The van der Waals surface area contributed by atoms with Crippen molar-refractivity contribution >= 4 is 17.8 Å². The van der Waals surface area contributed by atoms with Crippen LogP contribution in [0.3, 0.4) is 0 Å². The van der Waals surface area contributed by atoms with Crippen molar-refractivity contribution in [2.75, 3.05) is 26.7 Å². The average molecular weight is 361 g/mol. The maximum absolute atomic E-state index is 12.5. The van der Waals surface area contributed by atoms with Gasteiger partial charge in [-0.05, 0) is 44.7 Å². The van der Waals surface area contributed by atoms with Gasteiger partial charge in [0.15, 0.2) is 0 Å². The van der Waals surface area contributed by atoms with Gasteiger partial charge in [-0.1, -0.05) is 0 Å². The normalized spacial score (nSPS) is 17.5. The fourth-order valence-corrected chi connectivity index (χ4v) is 3.27. The number of piperidine rings is 1. The molecule has 1 atom stereocenters. The molecule has 2 heterocycles. The third kappa shape index (κ3) is 4.80. The molecule has 1 aliphatic rings. The Morgan fingerprint density at radius 2 is 2.00 bits per heavy atom. The molecule has 0 bridgehead atoms. The van der Waals surface area contributed by atoms with Gasteiger partial charge in [0, 0.05) is 44.0 Å². The number of nitrogens with zero attached hydrogens (tertiary/aromatic N) is 2. The number of hydrogen-bond donors (Lipinski definition) is 1. The van der Waals surface area contributed by atoms with Crippen molar-refractivity contribution in [2.24, 2.45) is 11.3 Å². The van der Waals surface area contributed by atoms with Crippen molar-refractivity contribution in [3.63, 3.8) is 0 Å². The summed E-state index contributed by atoms with van der Waals surface area (Å²) in [6.45, 7) is 5.24. The maximum Gasteiger partial charge on any atom is 0.311 e. The second kappa shape index (κ2) is 8.78. The smallest absolute Gasteiger partial charge is 0.311 e. The average Bonchev–Trinajstić information content (AvgIpc) is 2.67. The molecule has 1 aromatic rings. The second-order valence-corrected chi connectivity index (χ2v) is 7.13. The lowest BCUT2D eigenvalue weighted by atomic mass is 9.74. The van der Waals surface area contributed by atoms with Gasteiger partial charge in [0.1, 0.15) is 0 Å². The van der Waals surface area contributed by atoms with Gasteiger partial charge in [-0.2, -0.15) is 0 Å². The Balaban J connectivity index is 1.83. The molecule has 26 heavy (non-hydrogen) atoms. The van der Waals surface area contributed by atoms with E-state index in [-0.39, 0.29) is 36.7 Å². The van der Waals surface area contributed by atoms with Crippen LogP contribution in [0.2, 0.25) is 0 Å². The third-order valence-electron chi connectivity index (χ3n) is 5.07. The highest BCUT2D eigenvalue weighted by Gasteiger charge is 2.40. The summed E-state index contributed by atoms with van der Waals surface area (Å²) in [5.74, 6) is -0.408. The molecule has 0 unspecified atom stereocenters. The van der Waals surface area contributed by atoms with E-state index < -0.39 is 5.41 Å². The Morgan fingerprint density at radius 3 is 2.65 bits per heavy atom. The number of hydrogen-bond acceptors (Lipinski definition) is 5. The molecule has 1 aromatic heterocycles. The molecule has 1 fully saturated rings. The first kappa shape index (κ1) is 19.9. The van der Waals surface area contributed by atoms with Crippen molar-refractivity contribution in [3.8, 4) is 0 Å². The van der Waals surface area contributed by atoms with Crippen LogP contribution in [0.4, 0.5) is 0 Å². The number of esters is 1. The molecule has 1 N–H and O–H groups in total. The van der Waals surface area contributed by atoms with Crippen LogP contribution >= 0.6 is 0 Å². The molecular formula is C19H27N3O4. The number of methoxy groups -OCH3 is 1. The monoisotopic (exact) mass is 361 g/mol. The van der Waals surface area contributed by atoms with E-state index in [0.29, 0.717) is 18.7 Å². The van der Waals surface area contributed by atoms with Crippen LogP contribution < -0.4 is 5.32 Å². The van der Waals surface area contributed by atoms with Gasteiger partial charge in [-0.15, -0.1) is 0 Å². The van der Waals surface area contributed by atoms with Crippen LogP contribution in [0.15, 0.2) is 24.5 Å². The SMILES string of the molecule is COC(=O)C(C)(C)[C@H]1CCCN(C(=O)CCNC(=O)c2ccncc2)C1. The number of rotatable bonds is 6. The summed E-state index contributed by atoms with van der Waals surface area (Å²) in [4.78, 5) is 42.1. The van der Waals surface area contributed by atoms with Crippen LogP contribution in [0.1, 0.15) is 43.5 Å².